The zero-order valence-electron chi connectivity index (χ0n) is 14.9. The van der Waals surface area contributed by atoms with Crippen LogP contribution in [-0.4, -0.2) is 30.3 Å². The second kappa shape index (κ2) is 9.20. The molecule has 0 bridgehead atoms. The number of benzene rings is 1. The van der Waals surface area contributed by atoms with E-state index in [1.165, 1.54) is 0 Å². The van der Waals surface area contributed by atoms with Gasteiger partial charge in [0.25, 0.3) is 5.91 Å². The molecule has 0 atom stereocenters. The number of carbonyl (C=O) groups excluding carboxylic acids is 3. The van der Waals surface area contributed by atoms with Crippen molar-refractivity contribution in [2.24, 2.45) is 5.92 Å². The molecule has 0 heterocycles. The van der Waals surface area contributed by atoms with Gasteiger partial charge in [0.15, 0.2) is 0 Å². The van der Waals surface area contributed by atoms with Crippen LogP contribution in [0.4, 0.5) is 5.69 Å². The van der Waals surface area contributed by atoms with Crippen molar-refractivity contribution in [1.29, 1.82) is 0 Å². The summed E-state index contributed by atoms with van der Waals surface area (Å²) in [5.41, 5.74) is 0.722. The molecule has 3 amide bonds. The van der Waals surface area contributed by atoms with Gasteiger partial charge in [-0.3, -0.25) is 14.4 Å². The van der Waals surface area contributed by atoms with Gasteiger partial charge in [0, 0.05) is 12.6 Å². The summed E-state index contributed by atoms with van der Waals surface area (Å²) in [6, 6.07) is 6.93. The Bertz CT molecular complexity index is 622. The van der Waals surface area contributed by atoms with E-state index in [9.17, 15) is 14.4 Å². The number of amides is 3. The Labute approximate surface area is 148 Å². The third-order valence-corrected chi connectivity index (χ3v) is 4.32. The maximum absolute atomic E-state index is 12.5. The summed E-state index contributed by atoms with van der Waals surface area (Å²) in [7, 11) is 0. The van der Waals surface area contributed by atoms with E-state index in [1.54, 1.807) is 24.3 Å². The highest BCUT2D eigenvalue weighted by atomic mass is 16.2. The topological polar surface area (TPSA) is 87.3 Å². The van der Waals surface area contributed by atoms with Gasteiger partial charge >= 0.3 is 11.8 Å². The molecule has 0 spiro atoms. The highest BCUT2D eigenvalue weighted by molar-refractivity contribution is 6.40. The maximum atomic E-state index is 12.5. The lowest BCUT2D eigenvalue weighted by Crippen LogP contribution is -2.37. The quantitative estimate of drug-likeness (QED) is 0.692. The molecule has 3 N–H and O–H groups in total. The summed E-state index contributed by atoms with van der Waals surface area (Å²) in [4.78, 5) is 36.4. The second-order valence-electron chi connectivity index (χ2n) is 6.89. The monoisotopic (exact) mass is 345 g/mol. The highest BCUT2D eigenvalue weighted by Gasteiger charge is 2.21. The number of nitrogens with one attached hydrogen (secondary N) is 3. The molecule has 1 aliphatic rings. The molecular formula is C19H27N3O3. The molecule has 6 heteroatoms. The highest BCUT2D eigenvalue weighted by Crippen LogP contribution is 2.20. The molecule has 0 saturated heterocycles. The summed E-state index contributed by atoms with van der Waals surface area (Å²) in [5.74, 6) is -1.22. The van der Waals surface area contributed by atoms with E-state index >= 15 is 0 Å². The average molecular weight is 345 g/mol. The van der Waals surface area contributed by atoms with Crippen molar-refractivity contribution in [3.05, 3.63) is 29.8 Å². The molecule has 0 radical (unpaired) electrons. The van der Waals surface area contributed by atoms with Crippen molar-refractivity contribution in [2.75, 3.05) is 11.9 Å². The Kier molecular flexibility index (Phi) is 6.98. The summed E-state index contributed by atoms with van der Waals surface area (Å²) in [6.45, 7) is 4.55. The predicted molar refractivity (Wildman–Crippen MR) is 97.3 cm³/mol. The van der Waals surface area contributed by atoms with Crippen LogP contribution >= 0.6 is 0 Å². The van der Waals surface area contributed by atoms with E-state index in [-0.39, 0.29) is 11.9 Å². The smallest absolute Gasteiger partial charge is 0.313 e. The van der Waals surface area contributed by atoms with Crippen molar-refractivity contribution >= 4 is 23.4 Å². The first-order chi connectivity index (χ1) is 12.0. The summed E-state index contributed by atoms with van der Waals surface area (Å²) in [6.07, 6.45) is 5.02. The first-order valence-electron chi connectivity index (χ1n) is 8.96. The first kappa shape index (κ1) is 19.0. The second-order valence-corrected chi connectivity index (χ2v) is 6.89. The Hall–Kier alpha value is -2.37. The zero-order valence-corrected chi connectivity index (χ0v) is 14.9. The summed E-state index contributed by atoms with van der Waals surface area (Å²) < 4.78 is 0. The van der Waals surface area contributed by atoms with Crippen molar-refractivity contribution in [3.63, 3.8) is 0 Å². The van der Waals surface area contributed by atoms with Gasteiger partial charge in [-0.1, -0.05) is 38.8 Å². The number of hydrogen-bond donors (Lipinski definition) is 3. The third kappa shape index (κ3) is 5.89. The number of anilines is 1. The van der Waals surface area contributed by atoms with E-state index in [1.807, 2.05) is 13.8 Å². The number of para-hydroxylation sites is 1. The molecule has 1 aromatic rings. The van der Waals surface area contributed by atoms with Crippen LogP contribution in [0.5, 0.6) is 0 Å². The number of rotatable bonds is 6. The van der Waals surface area contributed by atoms with Crippen LogP contribution in [0.15, 0.2) is 24.3 Å². The molecular weight excluding hydrogens is 318 g/mol. The van der Waals surface area contributed by atoms with E-state index in [4.69, 9.17) is 0 Å². The number of hydrogen-bond acceptors (Lipinski definition) is 3. The van der Waals surface area contributed by atoms with E-state index < -0.39 is 11.8 Å². The molecule has 0 aliphatic heterocycles. The predicted octanol–water partition coefficient (Wildman–Crippen LogP) is 2.46. The van der Waals surface area contributed by atoms with Crippen LogP contribution in [0.25, 0.3) is 0 Å². The lowest BCUT2D eigenvalue weighted by atomic mass is 10.1. The molecule has 0 aromatic heterocycles. The molecule has 1 fully saturated rings. The van der Waals surface area contributed by atoms with Gasteiger partial charge in [0.1, 0.15) is 0 Å². The van der Waals surface area contributed by atoms with Crippen molar-refractivity contribution in [2.45, 2.75) is 52.0 Å². The molecule has 2 rings (SSSR count). The Balaban J connectivity index is 1.95. The van der Waals surface area contributed by atoms with Gasteiger partial charge in [-0.05, 0) is 37.3 Å². The zero-order chi connectivity index (χ0) is 18.2. The molecule has 136 valence electrons. The average Bonchev–Trinajstić information content (AvgIpc) is 3.07. The van der Waals surface area contributed by atoms with Crippen molar-refractivity contribution in [3.8, 4) is 0 Å². The van der Waals surface area contributed by atoms with Gasteiger partial charge in [0.05, 0.1) is 11.3 Å². The normalized spacial score (nSPS) is 14.4. The lowest BCUT2D eigenvalue weighted by molar-refractivity contribution is -0.136. The van der Waals surface area contributed by atoms with Crippen LogP contribution in [-0.2, 0) is 9.59 Å². The minimum absolute atomic E-state index is 0.190. The van der Waals surface area contributed by atoms with E-state index in [0.717, 1.165) is 32.1 Å². The molecule has 1 aromatic carbocycles. The van der Waals surface area contributed by atoms with Crippen molar-refractivity contribution in [1.82, 2.24) is 10.6 Å². The Morgan fingerprint density at radius 3 is 2.44 bits per heavy atom. The standard InChI is InChI=1S/C19H27N3O3/c1-13(2)11-12-20-18(24)19(25)22-16-10-6-5-9-15(16)17(23)21-14-7-3-4-8-14/h5-6,9-10,13-14H,3-4,7-8,11-12H2,1-2H3,(H,20,24)(H,21,23)(H,22,25). The van der Waals surface area contributed by atoms with E-state index in [2.05, 4.69) is 16.0 Å². The van der Waals surface area contributed by atoms with Gasteiger partial charge in [-0.2, -0.15) is 0 Å². The molecule has 25 heavy (non-hydrogen) atoms. The minimum atomic E-state index is -0.759. The minimum Gasteiger partial charge on any atom is -0.349 e. The molecule has 1 saturated carbocycles. The number of carbonyl (C=O) groups is 3. The SMILES string of the molecule is CC(C)CCNC(=O)C(=O)Nc1ccccc1C(=O)NC1CCCC1. The fourth-order valence-electron chi connectivity index (χ4n) is 2.86. The molecule has 1 aliphatic carbocycles. The van der Waals surface area contributed by atoms with Crippen LogP contribution < -0.4 is 16.0 Å². The van der Waals surface area contributed by atoms with Crippen LogP contribution in [0.3, 0.4) is 0 Å². The van der Waals surface area contributed by atoms with Gasteiger partial charge < -0.3 is 16.0 Å². The van der Waals surface area contributed by atoms with Gasteiger partial charge in [-0.25, -0.2) is 0 Å². The van der Waals surface area contributed by atoms with Crippen LogP contribution in [0.2, 0.25) is 0 Å². The van der Waals surface area contributed by atoms with Gasteiger partial charge in [0.2, 0.25) is 0 Å². The van der Waals surface area contributed by atoms with Crippen LogP contribution in [0, 0.1) is 5.92 Å². The molecule has 0 unspecified atom stereocenters. The van der Waals surface area contributed by atoms with Gasteiger partial charge in [-0.15, -0.1) is 0 Å². The largest absolute Gasteiger partial charge is 0.349 e. The summed E-state index contributed by atoms with van der Waals surface area (Å²) in [5, 5.41) is 8.13. The van der Waals surface area contributed by atoms with Crippen LogP contribution in [0.1, 0.15) is 56.3 Å². The maximum Gasteiger partial charge on any atom is 0.313 e. The van der Waals surface area contributed by atoms with Crippen molar-refractivity contribution < 1.29 is 14.4 Å². The third-order valence-electron chi connectivity index (χ3n) is 4.32. The first-order valence-corrected chi connectivity index (χ1v) is 8.96. The molecule has 6 nitrogen and oxygen atoms in total. The fraction of sp³-hybridized carbons (Fsp3) is 0.526. The lowest BCUT2D eigenvalue weighted by Gasteiger charge is -2.15. The Morgan fingerprint density at radius 1 is 1.08 bits per heavy atom. The fourth-order valence-corrected chi connectivity index (χ4v) is 2.86. The van der Waals surface area contributed by atoms with E-state index in [0.29, 0.717) is 23.7 Å². The Morgan fingerprint density at radius 2 is 1.76 bits per heavy atom. The summed E-state index contributed by atoms with van der Waals surface area (Å²) >= 11 is 0.